The Kier molecular flexibility index (Phi) is 9.46. The van der Waals surface area contributed by atoms with Crippen molar-refractivity contribution in [2.24, 2.45) is 0 Å². The molecular weight excluding hydrogens is 520 g/mol. The Morgan fingerprint density at radius 1 is 1.18 bits per heavy atom. The van der Waals surface area contributed by atoms with Crippen LogP contribution < -0.4 is 10.1 Å². The van der Waals surface area contributed by atoms with Crippen molar-refractivity contribution >= 4 is 21.8 Å². The number of sulfone groups is 1. The minimum absolute atomic E-state index is 0.0275. The van der Waals surface area contributed by atoms with E-state index in [9.17, 15) is 28.2 Å². The number of methoxy groups -OCH3 is 1. The number of likely N-dealkylation sites (N-methyl/N-ethyl adjacent to an activating group) is 1. The quantitative estimate of drug-likeness (QED) is 0.348. The molecule has 0 aromatic heterocycles. The van der Waals surface area contributed by atoms with E-state index in [0.29, 0.717) is 29.7 Å². The molecule has 0 fully saturated rings. The summed E-state index contributed by atoms with van der Waals surface area (Å²) in [4.78, 5) is 25.1. The number of hydrogen-bond acceptors (Lipinski definition) is 7. The lowest BCUT2D eigenvalue weighted by atomic mass is 9.87. The monoisotopic (exact) mass is 560 g/mol. The molecule has 0 spiro atoms. The molecule has 0 unspecified atom stereocenters. The molecule has 0 radical (unpaired) electrons. The average Bonchev–Trinajstić information content (AvgIpc) is 2.99. The van der Waals surface area contributed by atoms with Gasteiger partial charge in [-0.1, -0.05) is 57.0 Å². The highest BCUT2D eigenvalue weighted by atomic mass is 32.2. The number of rotatable bonds is 12. The maximum absolute atomic E-state index is 14.0. The number of aliphatic carboxylic acids is 2. The van der Waals surface area contributed by atoms with E-state index < -0.39 is 45.3 Å². The lowest BCUT2D eigenvalue weighted by Crippen LogP contribution is -2.51. The summed E-state index contributed by atoms with van der Waals surface area (Å²) in [5.74, 6) is -2.20. The van der Waals surface area contributed by atoms with Gasteiger partial charge in [0.05, 0.1) is 30.2 Å². The minimum atomic E-state index is -3.77. The van der Waals surface area contributed by atoms with E-state index in [2.05, 4.69) is 12.2 Å². The molecule has 0 saturated heterocycles. The first-order valence-electron chi connectivity index (χ1n) is 13.2. The summed E-state index contributed by atoms with van der Waals surface area (Å²) in [6.07, 6.45) is 2.53. The van der Waals surface area contributed by atoms with Crippen LogP contribution in [0.1, 0.15) is 75.6 Å². The molecule has 214 valence electrons. The molecule has 10 heteroatoms. The molecule has 0 aliphatic carbocycles. The van der Waals surface area contributed by atoms with Gasteiger partial charge < -0.3 is 14.9 Å². The molecule has 39 heavy (non-hydrogen) atoms. The summed E-state index contributed by atoms with van der Waals surface area (Å²) < 4.78 is 33.7. The molecule has 2 aromatic carbocycles. The van der Waals surface area contributed by atoms with Crippen molar-refractivity contribution in [3.8, 4) is 5.75 Å². The maximum Gasteiger partial charge on any atom is 0.324 e. The highest BCUT2D eigenvalue weighted by Crippen LogP contribution is 2.41. The fraction of sp³-hybridized carbons (Fsp3) is 0.517. The zero-order valence-electron chi connectivity index (χ0n) is 23.4. The summed E-state index contributed by atoms with van der Waals surface area (Å²) in [6, 6.07) is 12.6. The van der Waals surface area contributed by atoms with Crippen LogP contribution in [0, 0.1) is 0 Å². The fourth-order valence-electron chi connectivity index (χ4n) is 5.34. The van der Waals surface area contributed by atoms with Gasteiger partial charge in [-0.15, -0.1) is 0 Å². The Morgan fingerprint density at radius 2 is 1.85 bits per heavy atom. The number of nitrogens with zero attached hydrogens (tertiary/aromatic N) is 1. The molecule has 0 saturated carbocycles. The predicted octanol–water partition coefficient (Wildman–Crippen LogP) is 4.25. The van der Waals surface area contributed by atoms with Crippen molar-refractivity contribution < 1.29 is 33.0 Å². The van der Waals surface area contributed by atoms with E-state index >= 15 is 0 Å². The summed E-state index contributed by atoms with van der Waals surface area (Å²) in [7, 11) is -0.780. The molecule has 1 aliphatic heterocycles. The third kappa shape index (κ3) is 6.45. The van der Waals surface area contributed by atoms with E-state index in [-0.39, 0.29) is 17.2 Å². The lowest BCUT2D eigenvalue weighted by Gasteiger charge is -2.36. The molecule has 3 atom stereocenters. The second kappa shape index (κ2) is 12.1. The van der Waals surface area contributed by atoms with Gasteiger partial charge in [-0.2, -0.15) is 0 Å². The first kappa shape index (κ1) is 30.6. The molecule has 3 N–H and O–H groups in total. The van der Waals surface area contributed by atoms with Gasteiger partial charge in [-0.25, -0.2) is 8.42 Å². The topological polar surface area (TPSA) is 133 Å². The number of fused-ring (bicyclic) bond motifs is 1. The Labute approximate surface area is 231 Å². The highest BCUT2D eigenvalue weighted by Gasteiger charge is 2.43. The molecule has 1 aliphatic rings. The molecule has 9 nitrogen and oxygen atoms in total. The lowest BCUT2D eigenvalue weighted by molar-refractivity contribution is -0.156. The van der Waals surface area contributed by atoms with E-state index in [1.807, 2.05) is 37.3 Å². The molecule has 3 rings (SSSR count). The summed E-state index contributed by atoms with van der Waals surface area (Å²) in [5.41, 5.74) is -0.389. The second-order valence-corrected chi connectivity index (χ2v) is 12.7. The van der Waals surface area contributed by atoms with Gasteiger partial charge in [-0.05, 0) is 50.1 Å². The molecule has 0 bridgehead atoms. The average molecular weight is 561 g/mol. The number of nitrogens with one attached hydrogen (secondary N) is 1. The number of hydrogen-bond donors (Lipinski definition) is 3. The van der Waals surface area contributed by atoms with Gasteiger partial charge in [0.2, 0.25) is 0 Å². The SMILES string of the molecule is CCCC[C@]1(CC)CS(=O)(=O)c2cc(CN(C)[C@](C)(CC(=O)O)C(=O)O)c(OC)cc2[C@@H](c2ccccc2)N1. The Hall–Kier alpha value is -2.95. The van der Waals surface area contributed by atoms with Crippen molar-refractivity contribution in [1.29, 1.82) is 0 Å². The van der Waals surface area contributed by atoms with Gasteiger partial charge in [0.25, 0.3) is 0 Å². The smallest absolute Gasteiger partial charge is 0.324 e. The number of ether oxygens (including phenoxy) is 1. The van der Waals surface area contributed by atoms with Gasteiger partial charge in [0.15, 0.2) is 9.84 Å². The van der Waals surface area contributed by atoms with Gasteiger partial charge in [-0.3, -0.25) is 19.8 Å². The summed E-state index contributed by atoms with van der Waals surface area (Å²) in [6.45, 7) is 5.41. The zero-order chi connectivity index (χ0) is 29.0. The van der Waals surface area contributed by atoms with Gasteiger partial charge in [0, 0.05) is 17.6 Å². The standard InChI is InChI=1S/C29H40N2O7S/c1-6-8-14-29(7-2)19-39(36,37)24-15-21(18-31(4)28(3,27(34)35)17-25(32)33)23(38-5)16-22(24)26(30-29)20-12-10-9-11-13-20/h9-13,15-16,26,30H,6-8,14,17-19H2,1-5H3,(H,32,33)(H,34,35)/t26-,28-,29-/m1/s1. The minimum Gasteiger partial charge on any atom is -0.496 e. The summed E-state index contributed by atoms with van der Waals surface area (Å²) >= 11 is 0. The van der Waals surface area contributed by atoms with Gasteiger partial charge >= 0.3 is 11.9 Å². The Bertz CT molecular complexity index is 1300. The molecule has 1 heterocycles. The van der Waals surface area contributed by atoms with Crippen LogP contribution in [-0.2, 0) is 26.0 Å². The second-order valence-electron chi connectivity index (χ2n) is 10.7. The van der Waals surface area contributed by atoms with Crippen molar-refractivity contribution in [1.82, 2.24) is 10.2 Å². The zero-order valence-corrected chi connectivity index (χ0v) is 24.2. The van der Waals surface area contributed by atoms with Crippen LogP contribution >= 0.6 is 0 Å². The van der Waals surface area contributed by atoms with Crippen LogP contribution in [0.4, 0.5) is 0 Å². The van der Waals surface area contributed by atoms with Crippen molar-refractivity contribution in [3.05, 3.63) is 59.2 Å². The van der Waals surface area contributed by atoms with E-state index in [4.69, 9.17) is 4.74 Å². The number of unbranched alkanes of at least 4 members (excludes halogenated alkanes) is 1. The molecule has 0 amide bonds. The first-order valence-corrected chi connectivity index (χ1v) is 14.9. The van der Waals surface area contributed by atoms with Crippen LogP contribution in [0.25, 0.3) is 0 Å². The van der Waals surface area contributed by atoms with E-state index in [0.717, 1.165) is 18.4 Å². The largest absolute Gasteiger partial charge is 0.496 e. The highest BCUT2D eigenvalue weighted by molar-refractivity contribution is 7.91. The number of carboxylic acid groups (broad SMARTS) is 2. The van der Waals surface area contributed by atoms with Crippen LogP contribution in [0.3, 0.4) is 0 Å². The van der Waals surface area contributed by atoms with Crippen LogP contribution in [-0.4, -0.2) is 66.5 Å². The number of benzene rings is 2. The predicted molar refractivity (Wildman–Crippen MR) is 149 cm³/mol. The van der Waals surface area contributed by atoms with Crippen LogP contribution in [0.5, 0.6) is 5.75 Å². The Balaban J connectivity index is 2.21. The third-order valence-corrected chi connectivity index (χ3v) is 9.96. The summed E-state index contributed by atoms with van der Waals surface area (Å²) in [5, 5.41) is 22.9. The Morgan fingerprint density at radius 3 is 2.38 bits per heavy atom. The van der Waals surface area contributed by atoms with Crippen molar-refractivity contribution in [2.45, 2.75) is 81.4 Å². The normalized spacial score (nSPS) is 21.9. The van der Waals surface area contributed by atoms with E-state index in [1.165, 1.54) is 26.0 Å². The van der Waals surface area contributed by atoms with Gasteiger partial charge in [0.1, 0.15) is 11.3 Å². The van der Waals surface area contributed by atoms with Crippen LogP contribution in [0.15, 0.2) is 47.4 Å². The van der Waals surface area contributed by atoms with E-state index in [1.54, 1.807) is 12.1 Å². The number of carbonyl (C=O) groups is 2. The van der Waals surface area contributed by atoms with Crippen molar-refractivity contribution in [3.63, 3.8) is 0 Å². The van der Waals surface area contributed by atoms with Crippen molar-refractivity contribution in [2.75, 3.05) is 19.9 Å². The molecule has 2 aromatic rings. The molecular formula is C29H40N2O7S. The van der Waals surface area contributed by atoms with Crippen LogP contribution in [0.2, 0.25) is 0 Å². The fourth-order valence-corrected chi connectivity index (χ4v) is 7.51. The maximum atomic E-state index is 14.0. The first-order chi connectivity index (χ1) is 18.3. The number of carboxylic acids is 2. The third-order valence-electron chi connectivity index (χ3n) is 8.00.